The molecule has 2 nitrogen and oxygen atoms in total. The number of halogens is 1. The Morgan fingerprint density at radius 1 is 1.17 bits per heavy atom. The van der Waals surface area contributed by atoms with E-state index in [0.717, 1.165) is 15.8 Å². The predicted octanol–water partition coefficient (Wildman–Crippen LogP) is 4.40. The number of para-hydroxylation sites is 1. The van der Waals surface area contributed by atoms with E-state index < -0.39 is 0 Å². The van der Waals surface area contributed by atoms with Crippen LogP contribution < -0.4 is 4.90 Å². The van der Waals surface area contributed by atoms with Crippen LogP contribution in [0.5, 0.6) is 0 Å². The molecule has 0 radical (unpaired) electrons. The van der Waals surface area contributed by atoms with Gasteiger partial charge in [0.2, 0.25) is 0 Å². The summed E-state index contributed by atoms with van der Waals surface area (Å²) in [6.45, 7) is 2.08. The normalized spacial score (nSPS) is 9.89. The first-order chi connectivity index (χ1) is 8.61. The molecule has 0 unspecified atom stereocenters. The minimum atomic E-state index is 0.653. The van der Waals surface area contributed by atoms with Gasteiger partial charge in [-0.05, 0) is 36.8 Å². The monoisotopic (exact) mass is 300 g/mol. The zero-order valence-corrected chi connectivity index (χ0v) is 11.9. The van der Waals surface area contributed by atoms with Crippen molar-refractivity contribution in [2.45, 2.75) is 6.92 Å². The van der Waals surface area contributed by atoms with E-state index in [9.17, 15) is 0 Å². The third-order valence-electron chi connectivity index (χ3n) is 2.88. The van der Waals surface area contributed by atoms with Gasteiger partial charge in [-0.1, -0.05) is 34.1 Å². The van der Waals surface area contributed by atoms with Crippen molar-refractivity contribution >= 4 is 27.3 Å². The summed E-state index contributed by atoms with van der Waals surface area (Å²) in [5.41, 5.74) is 3.99. The van der Waals surface area contributed by atoms with Gasteiger partial charge in [0, 0.05) is 22.9 Å². The van der Waals surface area contributed by atoms with Crippen molar-refractivity contribution < 1.29 is 0 Å². The molecule has 0 bridgehead atoms. The molecule has 0 aromatic heterocycles. The van der Waals surface area contributed by atoms with E-state index in [1.54, 1.807) is 0 Å². The second kappa shape index (κ2) is 5.24. The lowest BCUT2D eigenvalue weighted by Gasteiger charge is -2.22. The van der Waals surface area contributed by atoms with E-state index in [-0.39, 0.29) is 0 Å². The summed E-state index contributed by atoms with van der Waals surface area (Å²) in [6.07, 6.45) is 0. The van der Waals surface area contributed by atoms with Gasteiger partial charge >= 0.3 is 0 Å². The Balaban J connectivity index is 2.47. The molecule has 0 saturated carbocycles. The summed E-state index contributed by atoms with van der Waals surface area (Å²) >= 11 is 3.44. The zero-order chi connectivity index (χ0) is 13.1. The lowest BCUT2D eigenvalue weighted by Crippen LogP contribution is -2.10. The lowest BCUT2D eigenvalue weighted by atomic mass is 10.1. The maximum atomic E-state index is 9.00. The van der Waals surface area contributed by atoms with E-state index in [0.29, 0.717) is 5.56 Å². The number of rotatable bonds is 2. The van der Waals surface area contributed by atoms with Gasteiger partial charge in [0.25, 0.3) is 0 Å². The molecule has 0 aliphatic rings. The molecule has 0 aliphatic carbocycles. The fourth-order valence-corrected chi connectivity index (χ4v) is 2.39. The molecule has 2 aromatic rings. The van der Waals surface area contributed by atoms with Crippen LogP contribution in [0.1, 0.15) is 11.1 Å². The lowest BCUT2D eigenvalue weighted by molar-refractivity contribution is 1.18. The van der Waals surface area contributed by atoms with Crippen molar-refractivity contribution in [3.63, 3.8) is 0 Å². The highest BCUT2D eigenvalue weighted by atomic mass is 79.9. The Bertz CT molecular complexity index is 614. The quantitative estimate of drug-likeness (QED) is 0.822. The third kappa shape index (κ3) is 2.55. The van der Waals surface area contributed by atoms with Crippen LogP contribution in [0, 0.1) is 18.3 Å². The second-order valence-electron chi connectivity index (χ2n) is 4.16. The molecule has 3 heteroatoms. The van der Waals surface area contributed by atoms with Gasteiger partial charge in [-0.15, -0.1) is 0 Å². The molecule has 0 saturated heterocycles. The molecule has 0 amide bonds. The van der Waals surface area contributed by atoms with Gasteiger partial charge in [-0.25, -0.2) is 0 Å². The highest BCUT2D eigenvalue weighted by molar-refractivity contribution is 9.10. The number of hydrogen-bond donors (Lipinski definition) is 0. The molecule has 0 spiro atoms. The molecular formula is C15H13BrN2. The fourth-order valence-electron chi connectivity index (χ4n) is 1.91. The predicted molar refractivity (Wildman–Crippen MR) is 78.1 cm³/mol. The highest BCUT2D eigenvalue weighted by Gasteiger charge is 2.08. The van der Waals surface area contributed by atoms with Gasteiger partial charge in [-0.2, -0.15) is 5.26 Å². The molecule has 0 fully saturated rings. The molecule has 90 valence electrons. The molecule has 2 aromatic carbocycles. The Hall–Kier alpha value is -1.79. The van der Waals surface area contributed by atoms with Crippen LogP contribution in [0.15, 0.2) is 46.9 Å². The average Bonchev–Trinajstić information content (AvgIpc) is 2.37. The number of benzene rings is 2. The van der Waals surface area contributed by atoms with Crippen molar-refractivity contribution in [2.24, 2.45) is 0 Å². The van der Waals surface area contributed by atoms with Crippen molar-refractivity contribution in [3.05, 3.63) is 58.1 Å². The Morgan fingerprint density at radius 3 is 2.56 bits per heavy atom. The van der Waals surface area contributed by atoms with Crippen LogP contribution in [-0.4, -0.2) is 7.05 Å². The van der Waals surface area contributed by atoms with Crippen LogP contribution in [0.3, 0.4) is 0 Å². The van der Waals surface area contributed by atoms with Gasteiger partial charge in [0.05, 0.1) is 11.6 Å². The zero-order valence-electron chi connectivity index (χ0n) is 10.3. The van der Waals surface area contributed by atoms with Crippen LogP contribution in [0.25, 0.3) is 0 Å². The summed E-state index contributed by atoms with van der Waals surface area (Å²) in [6, 6.07) is 16.1. The standard InChI is InChI=1S/C15H13BrN2/c1-11-5-3-4-6-15(11)18(2)14-8-12(10-17)7-13(16)9-14/h3-9H,1-2H3. The Morgan fingerprint density at radius 2 is 1.89 bits per heavy atom. The summed E-state index contributed by atoms with van der Waals surface area (Å²) in [7, 11) is 2.01. The smallest absolute Gasteiger partial charge is 0.0992 e. The Kier molecular flexibility index (Phi) is 3.69. The largest absolute Gasteiger partial charge is 0.344 e. The molecule has 0 N–H and O–H groups in total. The van der Waals surface area contributed by atoms with E-state index in [1.807, 2.05) is 37.4 Å². The minimum Gasteiger partial charge on any atom is -0.344 e. The first-order valence-corrected chi connectivity index (χ1v) is 6.41. The number of aryl methyl sites for hydroxylation is 1. The molecule has 0 heterocycles. The van der Waals surface area contributed by atoms with Crippen molar-refractivity contribution in [3.8, 4) is 6.07 Å². The summed E-state index contributed by atoms with van der Waals surface area (Å²) in [5.74, 6) is 0. The molecule has 0 aliphatic heterocycles. The molecule has 0 atom stereocenters. The molecule has 2 rings (SSSR count). The van der Waals surface area contributed by atoms with E-state index in [4.69, 9.17) is 5.26 Å². The molecule has 18 heavy (non-hydrogen) atoms. The van der Waals surface area contributed by atoms with Crippen LogP contribution in [-0.2, 0) is 0 Å². The van der Waals surface area contributed by atoms with E-state index in [2.05, 4.69) is 46.0 Å². The third-order valence-corrected chi connectivity index (χ3v) is 3.33. The van der Waals surface area contributed by atoms with E-state index >= 15 is 0 Å². The van der Waals surface area contributed by atoms with Gasteiger partial charge < -0.3 is 4.90 Å². The summed E-state index contributed by atoms with van der Waals surface area (Å²) in [4.78, 5) is 2.08. The first kappa shape index (κ1) is 12.7. The maximum Gasteiger partial charge on any atom is 0.0992 e. The molecular weight excluding hydrogens is 288 g/mol. The van der Waals surface area contributed by atoms with Crippen molar-refractivity contribution in [1.82, 2.24) is 0 Å². The van der Waals surface area contributed by atoms with Crippen LogP contribution in [0.2, 0.25) is 0 Å². The van der Waals surface area contributed by atoms with Crippen LogP contribution in [0.4, 0.5) is 11.4 Å². The summed E-state index contributed by atoms with van der Waals surface area (Å²) < 4.78 is 0.914. The second-order valence-corrected chi connectivity index (χ2v) is 5.07. The highest BCUT2D eigenvalue weighted by Crippen LogP contribution is 2.29. The number of nitriles is 1. The minimum absolute atomic E-state index is 0.653. The SMILES string of the molecule is Cc1ccccc1N(C)c1cc(Br)cc(C#N)c1. The summed E-state index contributed by atoms with van der Waals surface area (Å²) in [5, 5.41) is 9.00. The number of anilines is 2. The van der Waals surface area contributed by atoms with Crippen molar-refractivity contribution in [1.29, 1.82) is 5.26 Å². The number of hydrogen-bond acceptors (Lipinski definition) is 2. The fraction of sp³-hybridized carbons (Fsp3) is 0.133. The topological polar surface area (TPSA) is 27.0 Å². The first-order valence-electron chi connectivity index (χ1n) is 5.62. The van der Waals surface area contributed by atoms with Crippen molar-refractivity contribution in [2.75, 3.05) is 11.9 Å². The average molecular weight is 301 g/mol. The Labute approximate surface area is 116 Å². The van der Waals surface area contributed by atoms with Gasteiger partial charge in [0.15, 0.2) is 0 Å². The van der Waals surface area contributed by atoms with Gasteiger partial charge in [-0.3, -0.25) is 0 Å². The van der Waals surface area contributed by atoms with Crippen LogP contribution >= 0.6 is 15.9 Å². The van der Waals surface area contributed by atoms with E-state index in [1.165, 1.54) is 5.56 Å². The number of nitrogens with zero attached hydrogens (tertiary/aromatic N) is 2. The maximum absolute atomic E-state index is 9.00. The van der Waals surface area contributed by atoms with Gasteiger partial charge in [0.1, 0.15) is 0 Å².